The Kier molecular flexibility index (Phi) is 5.30. The van der Waals surface area contributed by atoms with Gasteiger partial charge in [0.15, 0.2) is 0 Å². The Morgan fingerprint density at radius 3 is 2.21 bits per heavy atom. The predicted molar refractivity (Wildman–Crippen MR) is 81.3 cm³/mol. The second kappa shape index (κ2) is 6.58. The third kappa shape index (κ3) is 3.95. The van der Waals surface area contributed by atoms with Crippen LogP contribution < -0.4 is 0 Å². The zero-order chi connectivity index (χ0) is 13.8. The number of rotatable bonds is 5. The lowest BCUT2D eigenvalue weighted by molar-refractivity contribution is 0.0247. The number of hydrogen-bond donors (Lipinski definition) is 1. The fraction of sp³-hybridized carbons (Fsp3) is 1.00. The molecule has 0 radical (unpaired) electrons. The summed E-state index contributed by atoms with van der Waals surface area (Å²) in [4.78, 5) is 2.62. The molecule has 1 atom stereocenters. The first-order valence-electron chi connectivity index (χ1n) is 8.45. The van der Waals surface area contributed by atoms with E-state index >= 15 is 0 Å². The summed E-state index contributed by atoms with van der Waals surface area (Å²) < 4.78 is 0. The summed E-state index contributed by atoms with van der Waals surface area (Å²) in [6, 6.07) is 0. The van der Waals surface area contributed by atoms with Crippen LogP contribution in [0.15, 0.2) is 0 Å². The number of likely N-dealkylation sites (tertiary alicyclic amines) is 1. The number of nitrogens with zero attached hydrogens (tertiary/aromatic N) is 1. The fourth-order valence-electron chi connectivity index (χ4n) is 4.34. The minimum Gasteiger partial charge on any atom is -0.396 e. The quantitative estimate of drug-likeness (QED) is 0.818. The van der Waals surface area contributed by atoms with Crippen LogP contribution in [0.3, 0.4) is 0 Å². The summed E-state index contributed by atoms with van der Waals surface area (Å²) in [6.45, 7) is 8.43. The molecule has 1 aliphatic heterocycles. The molecule has 1 aliphatic carbocycles. The van der Waals surface area contributed by atoms with E-state index in [2.05, 4.69) is 18.7 Å². The number of hydrogen-bond acceptors (Lipinski definition) is 2. The van der Waals surface area contributed by atoms with E-state index < -0.39 is 0 Å². The van der Waals surface area contributed by atoms with Gasteiger partial charge < -0.3 is 10.0 Å². The molecule has 112 valence electrons. The van der Waals surface area contributed by atoms with Crippen molar-refractivity contribution < 1.29 is 5.11 Å². The first kappa shape index (κ1) is 15.3. The van der Waals surface area contributed by atoms with Crippen molar-refractivity contribution in [1.29, 1.82) is 0 Å². The molecular formula is C17H33NO. The minimum absolute atomic E-state index is 0.117. The van der Waals surface area contributed by atoms with Gasteiger partial charge in [-0.3, -0.25) is 0 Å². The minimum atomic E-state index is 0.117. The Bertz CT molecular complexity index is 262. The number of piperidine rings is 1. The second-order valence-electron chi connectivity index (χ2n) is 7.56. The molecule has 1 saturated carbocycles. The largest absolute Gasteiger partial charge is 0.396 e. The molecule has 1 spiro atoms. The van der Waals surface area contributed by atoms with Gasteiger partial charge in [0.1, 0.15) is 0 Å². The molecule has 0 aromatic heterocycles. The maximum atomic E-state index is 9.66. The van der Waals surface area contributed by atoms with Crippen LogP contribution in [0.1, 0.15) is 71.6 Å². The Labute approximate surface area is 119 Å². The Morgan fingerprint density at radius 2 is 1.68 bits per heavy atom. The van der Waals surface area contributed by atoms with E-state index in [1.54, 1.807) is 0 Å². The van der Waals surface area contributed by atoms with E-state index in [1.165, 1.54) is 64.5 Å². The van der Waals surface area contributed by atoms with Gasteiger partial charge in [-0.1, -0.05) is 39.5 Å². The van der Waals surface area contributed by atoms with Crippen molar-refractivity contribution >= 4 is 0 Å². The number of aliphatic hydroxyl groups is 1. The Morgan fingerprint density at radius 1 is 1.05 bits per heavy atom. The zero-order valence-corrected chi connectivity index (χ0v) is 13.1. The van der Waals surface area contributed by atoms with Gasteiger partial charge in [-0.15, -0.1) is 0 Å². The van der Waals surface area contributed by atoms with Crippen molar-refractivity contribution in [2.24, 2.45) is 10.8 Å². The van der Waals surface area contributed by atoms with Gasteiger partial charge in [0, 0.05) is 18.6 Å². The zero-order valence-electron chi connectivity index (χ0n) is 13.1. The lowest BCUT2D eigenvalue weighted by Gasteiger charge is -2.46. The van der Waals surface area contributed by atoms with Gasteiger partial charge in [0.25, 0.3) is 0 Å². The fourth-order valence-corrected chi connectivity index (χ4v) is 4.34. The average molecular weight is 267 g/mol. The standard InChI is InChI=1S/C17H33NO/c1-3-7-16(2,15-19)14-18-12-10-17(11-13-18)8-5-4-6-9-17/h19H,3-15H2,1-2H3. The Balaban J connectivity index is 1.82. The molecule has 2 nitrogen and oxygen atoms in total. The van der Waals surface area contributed by atoms with Crippen LogP contribution in [0.25, 0.3) is 0 Å². The molecule has 2 rings (SSSR count). The Hall–Kier alpha value is -0.0800. The smallest absolute Gasteiger partial charge is 0.0497 e. The van der Waals surface area contributed by atoms with Crippen LogP contribution in [0.5, 0.6) is 0 Å². The molecule has 1 heterocycles. The molecule has 2 aliphatic rings. The van der Waals surface area contributed by atoms with Crippen molar-refractivity contribution in [3.05, 3.63) is 0 Å². The van der Waals surface area contributed by atoms with Crippen molar-refractivity contribution in [3.63, 3.8) is 0 Å². The number of aliphatic hydroxyl groups excluding tert-OH is 1. The molecule has 2 fully saturated rings. The summed E-state index contributed by atoms with van der Waals surface area (Å²) in [6.07, 6.45) is 12.5. The van der Waals surface area contributed by atoms with Crippen molar-refractivity contribution in [2.75, 3.05) is 26.2 Å². The summed E-state index contributed by atoms with van der Waals surface area (Å²) in [5.74, 6) is 0. The van der Waals surface area contributed by atoms with Crippen molar-refractivity contribution in [1.82, 2.24) is 4.90 Å². The summed E-state index contributed by atoms with van der Waals surface area (Å²) >= 11 is 0. The lowest BCUT2D eigenvalue weighted by atomic mass is 9.68. The van der Waals surface area contributed by atoms with Gasteiger partial charge in [-0.2, -0.15) is 0 Å². The van der Waals surface area contributed by atoms with Crippen LogP contribution in [0.4, 0.5) is 0 Å². The van der Waals surface area contributed by atoms with E-state index in [1.807, 2.05) is 0 Å². The van der Waals surface area contributed by atoms with E-state index in [0.29, 0.717) is 12.0 Å². The predicted octanol–water partition coefficient (Wildman–Crippen LogP) is 3.83. The highest BCUT2D eigenvalue weighted by molar-refractivity contribution is 4.90. The summed E-state index contributed by atoms with van der Waals surface area (Å²) in [5.41, 5.74) is 0.820. The highest BCUT2D eigenvalue weighted by Crippen LogP contribution is 2.44. The van der Waals surface area contributed by atoms with Gasteiger partial charge in [-0.05, 0) is 50.6 Å². The lowest BCUT2D eigenvalue weighted by Crippen LogP contribution is -2.46. The first-order chi connectivity index (χ1) is 9.11. The second-order valence-corrected chi connectivity index (χ2v) is 7.56. The van der Waals surface area contributed by atoms with Gasteiger partial charge in [0.2, 0.25) is 0 Å². The van der Waals surface area contributed by atoms with Crippen LogP contribution in [0, 0.1) is 10.8 Å². The molecule has 19 heavy (non-hydrogen) atoms. The molecule has 2 heteroatoms. The van der Waals surface area contributed by atoms with Crippen LogP contribution in [0.2, 0.25) is 0 Å². The maximum Gasteiger partial charge on any atom is 0.0497 e. The summed E-state index contributed by atoms with van der Waals surface area (Å²) in [7, 11) is 0. The van der Waals surface area contributed by atoms with E-state index in [-0.39, 0.29) is 5.41 Å². The molecule has 0 aromatic rings. The third-order valence-electron chi connectivity index (χ3n) is 5.67. The average Bonchev–Trinajstić information content (AvgIpc) is 2.43. The maximum absolute atomic E-state index is 9.66. The van der Waals surface area contributed by atoms with Crippen molar-refractivity contribution in [3.8, 4) is 0 Å². The van der Waals surface area contributed by atoms with Crippen LogP contribution >= 0.6 is 0 Å². The third-order valence-corrected chi connectivity index (χ3v) is 5.67. The monoisotopic (exact) mass is 267 g/mol. The van der Waals surface area contributed by atoms with Gasteiger partial charge in [0.05, 0.1) is 0 Å². The molecule has 1 saturated heterocycles. The SMILES string of the molecule is CCCC(C)(CO)CN1CCC2(CCCCC2)CC1. The molecule has 1 unspecified atom stereocenters. The van der Waals surface area contributed by atoms with E-state index in [4.69, 9.17) is 0 Å². The van der Waals surface area contributed by atoms with E-state index in [9.17, 15) is 5.11 Å². The van der Waals surface area contributed by atoms with Gasteiger partial charge >= 0.3 is 0 Å². The molecule has 0 aromatic carbocycles. The highest BCUT2D eigenvalue weighted by atomic mass is 16.3. The highest BCUT2D eigenvalue weighted by Gasteiger charge is 2.37. The normalized spacial score (nSPS) is 27.3. The van der Waals surface area contributed by atoms with Gasteiger partial charge in [-0.25, -0.2) is 0 Å². The summed E-state index contributed by atoms with van der Waals surface area (Å²) in [5, 5.41) is 9.66. The molecule has 1 N–H and O–H groups in total. The first-order valence-corrected chi connectivity index (χ1v) is 8.45. The topological polar surface area (TPSA) is 23.5 Å². The van der Waals surface area contributed by atoms with Crippen LogP contribution in [-0.4, -0.2) is 36.2 Å². The van der Waals surface area contributed by atoms with Crippen molar-refractivity contribution in [2.45, 2.75) is 71.6 Å². The molecule has 0 amide bonds. The molecular weight excluding hydrogens is 234 g/mol. The molecule has 0 bridgehead atoms. The van der Waals surface area contributed by atoms with E-state index in [0.717, 1.165) is 13.0 Å². The van der Waals surface area contributed by atoms with Crippen LogP contribution in [-0.2, 0) is 0 Å².